The first-order valence-electron chi connectivity index (χ1n) is 7.34. The van der Waals surface area contributed by atoms with Gasteiger partial charge in [-0.1, -0.05) is 11.6 Å². The predicted octanol–water partition coefficient (Wildman–Crippen LogP) is 4.13. The van der Waals surface area contributed by atoms with Crippen LogP contribution in [0.1, 0.15) is 15.9 Å². The highest BCUT2D eigenvalue weighted by molar-refractivity contribution is 6.30. The molecule has 0 unspecified atom stereocenters. The number of pyridine rings is 1. The van der Waals surface area contributed by atoms with Gasteiger partial charge in [0.25, 0.3) is 11.7 Å². The number of alkyl halides is 6. The van der Waals surface area contributed by atoms with Gasteiger partial charge in [-0.2, -0.15) is 26.3 Å². The van der Waals surface area contributed by atoms with E-state index in [1.807, 2.05) is 0 Å². The molecule has 0 aliphatic carbocycles. The van der Waals surface area contributed by atoms with Gasteiger partial charge in [0.1, 0.15) is 0 Å². The van der Waals surface area contributed by atoms with Crippen LogP contribution >= 0.6 is 11.6 Å². The molecule has 1 aromatic carbocycles. The fraction of sp³-hybridized carbons (Fsp3) is 0.250. The van der Waals surface area contributed by atoms with Crippen molar-refractivity contribution in [2.24, 2.45) is 0 Å². The maximum Gasteiger partial charge on any atom is 0.462 e. The van der Waals surface area contributed by atoms with E-state index in [1.54, 1.807) is 6.92 Å². The third kappa shape index (κ3) is 4.44. The third-order valence-electron chi connectivity index (χ3n) is 3.55. The zero-order valence-electron chi connectivity index (χ0n) is 13.6. The molecule has 4 nitrogen and oxygen atoms in total. The zero-order valence-corrected chi connectivity index (χ0v) is 14.4. The van der Waals surface area contributed by atoms with Crippen LogP contribution in [0.15, 0.2) is 42.6 Å². The van der Waals surface area contributed by atoms with E-state index in [9.17, 15) is 31.1 Å². The van der Waals surface area contributed by atoms with Crippen molar-refractivity contribution in [2.45, 2.75) is 24.9 Å². The lowest BCUT2D eigenvalue weighted by molar-refractivity contribution is -0.367. The number of aromatic nitrogens is 1. The summed E-state index contributed by atoms with van der Waals surface area (Å²) < 4.78 is 81.3. The number of aryl methyl sites for hydroxylation is 1. The lowest BCUT2D eigenvalue weighted by Gasteiger charge is -2.34. The van der Waals surface area contributed by atoms with Gasteiger partial charge in [-0.25, -0.2) is 10.3 Å². The molecule has 0 aliphatic heterocycles. The molecule has 1 amide bonds. The minimum Gasteiger partial charge on any atom is -0.296 e. The lowest BCUT2D eigenvalue weighted by Crippen LogP contribution is -2.72. The second-order valence-corrected chi connectivity index (χ2v) is 6.05. The van der Waals surface area contributed by atoms with Crippen molar-refractivity contribution in [1.82, 2.24) is 5.32 Å². The van der Waals surface area contributed by atoms with Crippen LogP contribution < -0.4 is 15.6 Å². The molecule has 1 heterocycles. The molecule has 0 spiro atoms. The van der Waals surface area contributed by atoms with E-state index in [2.05, 4.69) is 4.98 Å². The lowest BCUT2D eigenvalue weighted by atomic mass is 10.1. The van der Waals surface area contributed by atoms with Crippen LogP contribution in [-0.4, -0.2) is 23.9 Å². The summed E-state index contributed by atoms with van der Waals surface area (Å²) in [6.07, 6.45) is -10.6. The number of benzene rings is 1. The van der Waals surface area contributed by atoms with Gasteiger partial charge < -0.3 is 0 Å². The highest BCUT2D eigenvalue weighted by atomic mass is 35.5. The number of carbonyl (C=O) groups is 1. The van der Waals surface area contributed by atoms with Crippen molar-refractivity contribution in [3.63, 3.8) is 0 Å². The number of carbonyl (C=O) groups excluding carboxylic acids is 1. The average molecular weight is 413 g/mol. The zero-order chi connectivity index (χ0) is 20.5. The largest absolute Gasteiger partial charge is 0.462 e. The first-order valence-corrected chi connectivity index (χ1v) is 7.71. The Morgan fingerprint density at radius 1 is 0.963 bits per heavy atom. The van der Waals surface area contributed by atoms with Gasteiger partial charge in [-0.15, -0.1) is 0 Å². The van der Waals surface area contributed by atoms with Crippen LogP contribution in [-0.2, 0) is 0 Å². The molecule has 0 atom stereocenters. The van der Waals surface area contributed by atoms with Crippen LogP contribution in [0, 0.1) is 6.92 Å². The standard InChI is InChI=1S/C16H12ClF6N3O/c1-9-2-7-12(24-8-9)25-14(15(18,19)20,16(21,22)23)26-13(27)10-3-5-11(17)6-4-10/h2-8H,1H3,(H,24,25)(H,26,27)/p+1. The smallest absolute Gasteiger partial charge is 0.296 e. The van der Waals surface area contributed by atoms with E-state index >= 15 is 0 Å². The molecule has 2 aromatic rings. The monoisotopic (exact) mass is 412 g/mol. The molecule has 0 saturated heterocycles. The Balaban J connectivity index is 2.49. The summed E-state index contributed by atoms with van der Waals surface area (Å²) in [5.74, 6) is -2.17. The Bertz CT molecular complexity index is 789. The number of H-pyrrole nitrogens is 1. The SMILES string of the molecule is Cc1ccc(NC(NC(=O)c2ccc(Cl)cc2)(C(F)(F)F)C(F)(F)F)[nH+]c1. The second-order valence-electron chi connectivity index (χ2n) is 5.61. The van der Waals surface area contributed by atoms with E-state index in [1.165, 1.54) is 29.7 Å². The topological polar surface area (TPSA) is 55.3 Å². The second kappa shape index (κ2) is 7.26. The number of anilines is 1. The van der Waals surface area contributed by atoms with E-state index in [-0.39, 0.29) is 5.02 Å². The summed E-state index contributed by atoms with van der Waals surface area (Å²) in [5.41, 5.74) is -4.56. The Morgan fingerprint density at radius 3 is 1.96 bits per heavy atom. The van der Waals surface area contributed by atoms with Gasteiger partial charge in [0.2, 0.25) is 0 Å². The van der Waals surface area contributed by atoms with Crippen molar-refractivity contribution < 1.29 is 36.1 Å². The molecule has 0 fully saturated rings. The average Bonchev–Trinajstić information content (AvgIpc) is 2.54. The van der Waals surface area contributed by atoms with Crippen molar-refractivity contribution in [3.8, 4) is 0 Å². The molecule has 0 radical (unpaired) electrons. The molecule has 2 rings (SSSR count). The molecular formula is C16H13ClF6N3O+. The van der Waals surface area contributed by atoms with E-state index < -0.39 is 35.3 Å². The van der Waals surface area contributed by atoms with Crippen LogP contribution in [0.2, 0.25) is 5.02 Å². The maximum atomic E-state index is 13.5. The first-order chi connectivity index (χ1) is 12.4. The number of aromatic amines is 1. The Labute approximate surface area is 154 Å². The molecule has 3 N–H and O–H groups in total. The Hall–Kier alpha value is -2.49. The number of hydrogen-bond donors (Lipinski definition) is 2. The summed E-state index contributed by atoms with van der Waals surface area (Å²) in [6, 6.07) is 6.65. The quantitative estimate of drug-likeness (QED) is 0.586. The Morgan fingerprint density at radius 2 is 1.52 bits per heavy atom. The summed E-state index contributed by atoms with van der Waals surface area (Å²) >= 11 is 5.61. The van der Waals surface area contributed by atoms with Crippen LogP contribution in [0.25, 0.3) is 0 Å². The van der Waals surface area contributed by atoms with Crippen molar-refractivity contribution in [1.29, 1.82) is 0 Å². The van der Waals surface area contributed by atoms with E-state index in [0.717, 1.165) is 23.5 Å². The molecule has 0 saturated carbocycles. The molecule has 27 heavy (non-hydrogen) atoms. The van der Waals surface area contributed by atoms with Crippen LogP contribution in [0.5, 0.6) is 0 Å². The Kier molecular flexibility index (Phi) is 5.60. The highest BCUT2D eigenvalue weighted by Crippen LogP contribution is 2.43. The summed E-state index contributed by atoms with van der Waals surface area (Å²) in [5, 5.41) is 2.56. The van der Waals surface area contributed by atoms with Crippen LogP contribution in [0.4, 0.5) is 32.2 Å². The van der Waals surface area contributed by atoms with Crippen molar-refractivity contribution in [2.75, 3.05) is 5.32 Å². The van der Waals surface area contributed by atoms with E-state index in [4.69, 9.17) is 11.6 Å². The summed E-state index contributed by atoms with van der Waals surface area (Å²) in [7, 11) is 0. The maximum absolute atomic E-state index is 13.5. The minimum atomic E-state index is -5.91. The van der Waals surface area contributed by atoms with Gasteiger partial charge in [0, 0.05) is 16.7 Å². The van der Waals surface area contributed by atoms with Gasteiger partial charge in [-0.05, 0) is 42.8 Å². The summed E-state index contributed by atoms with van der Waals surface area (Å²) in [6.45, 7) is 1.59. The fourth-order valence-corrected chi connectivity index (χ4v) is 2.23. The fourth-order valence-electron chi connectivity index (χ4n) is 2.10. The van der Waals surface area contributed by atoms with Gasteiger partial charge >= 0.3 is 18.0 Å². The number of halogens is 7. The molecule has 0 aliphatic rings. The van der Waals surface area contributed by atoms with Crippen molar-refractivity contribution >= 4 is 23.3 Å². The number of nitrogens with one attached hydrogen (secondary N) is 3. The molecule has 1 aromatic heterocycles. The normalized spacial score (nSPS) is 12.6. The molecule has 11 heteroatoms. The van der Waals surface area contributed by atoms with Gasteiger partial charge in [0.05, 0.1) is 6.20 Å². The third-order valence-corrected chi connectivity index (χ3v) is 3.80. The number of rotatable bonds is 4. The van der Waals surface area contributed by atoms with E-state index in [0.29, 0.717) is 5.56 Å². The number of amides is 1. The molecular weight excluding hydrogens is 400 g/mol. The minimum absolute atomic E-state index is 0.164. The number of hydrogen-bond acceptors (Lipinski definition) is 2. The molecule has 146 valence electrons. The van der Waals surface area contributed by atoms with Crippen LogP contribution in [0.3, 0.4) is 0 Å². The van der Waals surface area contributed by atoms with Crippen molar-refractivity contribution in [3.05, 3.63) is 58.7 Å². The van der Waals surface area contributed by atoms with Gasteiger partial charge in [0.15, 0.2) is 0 Å². The van der Waals surface area contributed by atoms with Gasteiger partial charge in [-0.3, -0.25) is 10.1 Å². The molecule has 0 bridgehead atoms. The predicted molar refractivity (Wildman–Crippen MR) is 85.1 cm³/mol. The first kappa shape index (κ1) is 20.8. The summed E-state index contributed by atoms with van der Waals surface area (Å²) in [4.78, 5) is 14.4. The highest BCUT2D eigenvalue weighted by Gasteiger charge is 2.76.